The number of hydrogen-bond acceptors (Lipinski definition) is 6. The molecule has 10 heteroatoms. The van der Waals surface area contributed by atoms with Crippen molar-refractivity contribution in [3.63, 3.8) is 0 Å². The Morgan fingerprint density at radius 2 is 1.90 bits per heavy atom. The number of halogens is 1. The van der Waals surface area contributed by atoms with Gasteiger partial charge < -0.3 is 14.4 Å². The highest BCUT2D eigenvalue weighted by Gasteiger charge is 2.20. The molecule has 156 valence electrons. The molecule has 0 saturated carbocycles. The molecule has 0 aliphatic heterocycles. The van der Waals surface area contributed by atoms with E-state index < -0.39 is 17.4 Å². The third kappa shape index (κ3) is 4.36. The summed E-state index contributed by atoms with van der Waals surface area (Å²) >= 11 is 7.00. The number of methoxy groups -OCH3 is 1. The Labute approximate surface area is 176 Å². The fourth-order valence-electron chi connectivity index (χ4n) is 2.99. The normalized spacial score (nSPS) is 12.4. The number of thioether (sulfide) groups is 1. The number of hydrogen-bond donors (Lipinski definition) is 1. The number of fused-ring (bicyclic) bond motifs is 1. The van der Waals surface area contributed by atoms with Crippen molar-refractivity contribution in [2.24, 2.45) is 14.1 Å². The Hall–Kier alpha value is -2.23. The van der Waals surface area contributed by atoms with Crippen LogP contribution in [0.25, 0.3) is 11.2 Å². The van der Waals surface area contributed by atoms with Gasteiger partial charge in [0.2, 0.25) is 0 Å². The van der Waals surface area contributed by atoms with E-state index in [1.807, 2.05) is 28.8 Å². The number of aliphatic hydroxyl groups excluding tert-OH is 1. The maximum Gasteiger partial charge on any atom is 0.332 e. The highest BCUT2D eigenvalue weighted by atomic mass is 35.5. The Bertz CT molecular complexity index is 1120. The molecule has 0 radical (unpaired) electrons. The first kappa shape index (κ1) is 21.5. The lowest BCUT2D eigenvalue weighted by Gasteiger charge is -2.11. The summed E-state index contributed by atoms with van der Waals surface area (Å²) in [6.07, 6.45) is -0.0317. The number of nitrogens with zero attached hydrogens (tertiary/aromatic N) is 4. The van der Waals surface area contributed by atoms with Crippen molar-refractivity contribution in [3.8, 4) is 5.75 Å². The first-order valence-electron chi connectivity index (χ1n) is 9.03. The van der Waals surface area contributed by atoms with Crippen LogP contribution in [0.15, 0.2) is 39.0 Å². The van der Waals surface area contributed by atoms with Crippen LogP contribution in [0.4, 0.5) is 0 Å². The zero-order valence-electron chi connectivity index (χ0n) is 16.5. The number of aromatic nitrogens is 4. The fraction of sp³-hybridized carbons (Fsp3) is 0.421. The number of imidazole rings is 1. The maximum atomic E-state index is 12.8. The summed E-state index contributed by atoms with van der Waals surface area (Å²) in [5.41, 5.74) is 0.947. The van der Waals surface area contributed by atoms with Crippen LogP contribution in [-0.2, 0) is 27.1 Å². The zero-order valence-corrected chi connectivity index (χ0v) is 18.0. The van der Waals surface area contributed by atoms with Gasteiger partial charge in [-0.3, -0.25) is 13.9 Å². The first-order chi connectivity index (χ1) is 13.9. The minimum Gasteiger partial charge on any atom is -0.497 e. The molecule has 2 aromatic heterocycles. The lowest BCUT2D eigenvalue weighted by molar-refractivity contribution is 0.223. The smallest absolute Gasteiger partial charge is 0.332 e. The van der Waals surface area contributed by atoms with E-state index in [2.05, 4.69) is 4.98 Å². The van der Waals surface area contributed by atoms with Crippen LogP contribution >= 0.6 is 23.4 Å². The van der Waals surface area contributed by atoms with Gasteiger partial charge in [0.05, 0.1) is 13.2 Å². The van der Waals surface area contributed by atoms with Gasteiger partial charge in [-0.15, -0.1) is 11.6 Å². The van der Waals surface area contributed by atoms with Crippen LogP contribution in [0.1, 0.15) is 5.56 Å². The average Bonchev–Trinajstić information content (AvgIpc) is 3.11. The summed E-state index contributed by atoms with van der Waals surface area (Å²) in [4.78, 5) is 29.6. The fourth-order valence-corrected chi connectivity index (χ4v) is 4.18. The Kier molecular flexibility index (Phi) is 6.71. The second-order valence-electron chi connectivity index (χ2n) is 6.64. The number of aryl methyl sites for hydroxylation is 3. The van der Waals surface area contributed by atoms with Crippen LogP contribution in [0.2, 0.25) is 0 Å². The molecule has 1 aromatic carbocycles. The molecule has 0 unspecified atom stereocenters. The van der Waals surface area contributed by atoms with Gasteiger partial charge in [-0.1, -0.05) is 23.9 Å². The average molecular weight is 439 g/mol. The van der Waals surface area contributed by atoms with Gasteiger partial charge in [0.25, 0.3) is 5.56 Å². The Balaban J connectivity index is 2.03. The van der Waals surface area contributed by atoms with E-state index in [4.69, 9.17) is 16.3 Å². The molecule has 0 aliphatic carbocycles. The van der Waals surface area contributed by atoms with Crippen LogP contribution in [0.5, 0.6) is 5.75 Å². The minimum atomic E-state index is -0.692. The van der Waals surface area contributed by atoms with Gasteiger partial charge in [0.1, 0.15) is 5.75 Å². The quantitative estimate of drug-likeness (QED) is 0.422. The number of alkyl halides is 1. The predicted octanol–water partition coefficient (Wildman–Crippen LogP) is 1.38. The third-order valence-corrected chi connectivity index (χ3v) is 6.16. The summed E-state index contributed by atoms with van der Waals surface area (Å²) in [5.74, 6) is 1.22. The van der Waals surface area contributed by atoms with Crippen molar-refractivity contribution in [2.45, 2.75) is 24.2 Å². The van der Waals surface area contributed by atoms with Crippen molar-refractivity contribution < 1.29 is 9.84 Å². The van der Waals surface area contributed by atoms with Gasteiger partial charge in [0.15, 0.2) is 16.3 Å². The molecule has 2 heterocycles. The van der Waals surface area contributed by atoms with Crippen molar-refractivity contribution in [2.75, 3.05) is 18.7 Å². The molecule has 29 heavy (non-hydrogen) atoms. The number of rotatable bonds is 8. The SMILES string of the molecule is COc1ccc(CCn2c(SC[C@H](O)CCl)nc3c2c(=O)n(C)c(=O)n3C)cc1. The molecule has 0 aliphatic rings. The van der Waals surface area contributed by atoms with E-state index in [0.717, 1.165) is 15.9 Å². The van der Waals surface area contributed by atoms with Crippen molar-refractivity contribution >= 4 is 34.5 Å². The van der Waals surface area contributed by atoms with E-state index in [9.17, 15) is 14.7 Å². The summed E-state index contributed by atoms with van der Waals surface area (Å²) < 4.78 is 9.44. The van der Waals surface area contributed by atoms with Gasteiger partial charge >= 0.3 is 5.69 Å². The van der Waals surface area contributed by atoms with E-state index in [-0.39, 0.29) is 5.88 Å². The maximum absolute atomic E-state index is 12.8. The highest BCUT2D eigenvalue weighted by Crippen LogP contribution is 2.23. The highest BCUT2D eigenvalue weighted by molar-refractivity contribution is 7.99. The zero-order chi connectivity index (χ0) is 21.1. The number of aliphatic hydroxyl groups is 1. The Morgan fingerprint density at radius 3 is 2.52 bits per heavy atom. The molecule has 1 N–H and O–H groups in total. The molecule has 8 nitrogen and oxygen atoms in total. The predicted molar refractivity (Wildman–Crippen MR) is 114 cm³/mol. The van der Waals surface area contributed by atoms with E-state index in [0.29, 0.717) is 35.0 Å². The van der Waals surface area contributed by atoms with Crippen LogP contribution in [0.3, 0.4) is 0 Å². The number of benzene rings is 1. The molecule has 0 bridgehead atoms. The summed E-state index contributed by atoms with van der Waals surface area (Å²) in [5, 5.41) is 10.4. The lowest BCUT2D eigenvalue weighted by Crippen LogP contribution is -2.37. The molecule has 0 spiro atoms. The molecule has 0 amide bonds. The van der Waals surface area contributed by atoms with Gasteiger partial charge in [-0.05, 0) is 24.1 Å². The molecule has 3 rings (SSSR count). The minimum absolute atomic E-state index is 0.110. The summed E-state index contributed by atoms with van der Waals surface area (Å²) in [6, 6.07) is 7.71. The summed E-state index contributed by atoms with van der Waals surface area (Å²) in [7, 11) is 4.66. The molecule has 0 saturated heterocycles. The molecule has 3 aromatic rings. The molecule has 1 atom stereocenters. The van der Waals surface area contributed by atoms with Gasteiger partial charge in [-0.25, -0.2) is 9.78 Å². The second-order valence-corrected chi connectivity index (χ2v) is 7.94. The first-order valence-corrected chi connectivity index (χ1v) is 10.5. The summed E-state index contributed by atoms with van der Waals surface area (Å²) in [6.45, 7) is 0.496. The Morgan fingerprint density at radius 1 is 1.21 bits per heavy atom. The molecular weight excluding hydrogens is 416 g/mol. The molecule has 0 fully saturated rings. The van der Waals surface area contributed by atoms with Crippen LogP contribution in [0, 0.1) is 0 Å². The van der Waals surface area contributed by atoms with Gasteiger partial charge in [0, 0.05) is 32.3 Å². The van der Waals surface area contributed by atoms with Crippen LogP contribution < -0.4 is 16.0 Å². The largest absolute Gasteiger partial charge is 0.497 e. The van der Waals surface area contributed by atoms with Gasteiger partial charge in [-0.2, -0.15) is 0 Å². The van der Waals surface area contributed by atoms with Crippen molar-refractivity contribution in [1.82, 2.24) is 18.7 Å². The molecular formula is C19H23ClN4O4S. The monoisotopic (exact) mass is 438 g/mol. The lowest BCUT2D eigenvalue weighted by atomic mass is 10.1. The van der Waals surface area contributed by atoms with Crippen molar-refractivity contribution in [3.05, 3.63) is 50.7 Å². The van der Waals surface area contributed by atoms with E-state index in [1.54, 1.807) is 14.2 Å². The van der Waals surface area contributed by atoms with Crippen LogP contribution in [-0.4, -0.2) is 48.6 Å². The van der Waals surface area contributed by atoms with E-state index >= 15 is 0 Å². The van der Waals surface area contributed by atoms with Crippen molar-refractivity contribution in [1.29, 1.82) is 0 Å². The van der Waals surface area contributed by atoms with E-state index in [1.165, 1.54) is 23.4 Å². The topological polar surface area (TPSA) is 91.3 Å². The number of ether oxygens (including phenoxy) is 1. The second kappa shape index (κ2) is 9.06. The standard InChI is InChI=1S/C19H23ClN4O4S/c1-22-16-15(17(26)23(2)19(22)27)24(18(21-16)29-11-13(25)10-20)9-8-12-4-6-14(28-3)7-5-12/h4-7,13,25H,8-11H2,1-3H3/t13-/m1/s1. The third-order valence-electron chi connectivity index (χ3n) is 4.68.